The number of benzene rings is 2. The van der Waals surface area contributed by atoms with Gasteiger partial charge < -0.3 is 15.5 Å². The summed E-state index contributed by atoms with van der Waals surface area (Å²) < 4.78 is 39.4. The second kappa shape index (κ2) is 9.30. The van der Waals surface area contributed by atoms with E-state index in [1.165, 1.54) is 18.2 Å². The number of nitrogens with one attached hydrogen (secondary N) is 2. The van der Waals surface area contributed by atoms with Gasteiger partial charge in [0.05, 0.1) is 11.1 Å². The summed E-state index contributed by atoms with van der Waals surface area (Å²) in [5, 5.41) is 5.91. The van der Waals surface area contributed by atoms with Gasteiger partial charge >= 0.3 is 6.18 Å². The van der Waals surface area contributed by atoms with Crippen molar-refractivity contribution in [1.29, 1.82) is 0 Å². The molecule has 28 heavy (non-hydrogen) atoms. The van der Waals surface area contributed by atoms with E-state index in [9.17, 15) is 18.0 Å². The van der Waals surface area contributed by atoms with Crippen LogP contribution in [0, 0.1) is 0 Å². The SMILES string of the molecule is CN(c1cccc(NC(=O)c2ccccc2C(F)(F)F)c1)C1CCNCC1.Cl. The Bertz CT molecular complexity index is 807. The van der Waals surface area contributed by atoms with Gasteiger partial charge in [-0.05, 0) is 56.3 Å². The predicted octanol–water partition coefficient (Wildman–Crippen LogP) is 4.57. The van der Waals surface area contributed by atoms with Gasteiger partial charge in [0.2, 0.25) is 0 Å². The first kappa shape index (κ1) is 22.0. The Balaban J connectivity index is 0.00000280. The first-order chi connectivity index (χ1) is 12.9. The normalized spacial score (nSPS) is 14.9. The van der Waals surface area contributed by atoms with Crippen LogP contribution >= 0.6 is 12.4 Å². The summed E-state index contributed by atoms with van der Waals surface area (Å²) in [5.41, 5.74) is 0.0617. The minimum atomic E-state index is -4.58. The monoisotopic (exact) mass is 413 g/mol. The number of halogens is 4. The lowest BCUT2D eigenvalue weighted by atomic mass is 10.0. The molecule has 1 saturated heterocycles. The molecule has 0 spiro atoms. The molecule has 3 rings (SSSR count). The molecular weight excluding hydrogens is 391 g/mol. The Morgan fingerprint density at radius 3 is 2.46 bits per heavy atom. The van der Waals surface area contributed by atoms with Crippen molar-refractivity contribution in [2.24, 2.45) is 0 Å². The topological polar surface area (TPSA) is 44.4 Å². The third-order valence-electron chi connectivity index (χ3n) is 4.84. The van der Waals surface area contributed by atoms with Gasteiger partial charge in [-0.1, -0.05) is 18.2 Å². The summed E-state index contributed by atoms with van der Waals surface area (Å²) in [6.07, 6.45) is -2.54. The van der Waals surface area contributed by atoms with Crippen molar-refractivity contribution in [2.75, 3.05) is 30.4 Å². The highest BCUT2D eigenvalue weighted by atomic mass is 35.5. The molecule has 0 saturated carbocycles. The van der Waals surface area contributed by atoms with Crippen molar-refractivity contribution in [2.45, 2.75) is 25.1 Å². The van der Waals surface area contributed by atoms with E-state index in [1.807, 2.05) is 13.1 Å². The van der Waals surface area contributed by atoms with Gasteiger partial charge in [0, 0.05) is 24.5 Å². The second-order valence-electron chi connectivity index (χ2n) is 6.64. The molecule has 0 unspecified atom stereocenters. The first-order valence-electron chi connectivity index (χ1n) is 8.87. The van der Waals surface area contributed by atoms with Crippen LogP contribution in [0.25, 0.3) is 0 Å². The number of carbonyl (C=O) groups is 1. The average molecular weight is 414 g/mol. The maximum atomic E-state index is 13.1. The highest BCUT2D eigenvalue weighted by molar-refractivity contribution is 6.05. The Morgan fingerprint density at radius 2 is 1.79 bits per heavy atom. The number of hydrogen-bond donors (Lipinski definition) is 2. The predicted molar refractivity (Wildman–Crippen MR) is 107 cm³/mol. The molecule has 1 fully saturated rings. The van der Waals surface area contributed by atoms with Crippen molar-refractivity contribution < 1.29 is 18.0 Å². The minimum Gasteiger partial charge on any atom is -0.371 e. The second-order valence-corrected chi connectivity index (χ2v) is 6.64. The lowest BCUT2D eigenvalue weighted by Gasteiger charge is -2.33. The molecular formula is C20H23ClF3N3O. The van der Waals surface area contributed by atoms with E-state index in [1.54, 1.807) is 18.2 Å². The molecule has 1 heterocycles. The molecule has 2 aromatic rings. The van der Waals surface area contributed by atoms with Crippen LogP contribution in [0.3, 0.4) is 0 Å². The van der Waals surface area contributed by atoms with Gasteiger partial charge in [-0.2, -0.15) is 13.2 Å². The van der Waals surface area contributed by atoms with E-state index in [2.05, 4.69) is 15.5 Å². The molecule has 0 aromatic heterocycles. The number of rotatable bonds is 4. The van der Waals surface area contributed by atoms with E-state index in [0.717, 1.165) is 37.7 Å². The van der Waals surface area contributed by atoms with E-state index in [0.29, 0.717) is 11.7 Å². The van der Waals surface area contributed by atoms with E-state index >= 15 is 0 Å². The Morgan fingerprint density at radius 1 is 1.11 bits per heavy atom. The lowest BCUT2D eigenvalue weighted by Crippen LogP contribution is -2.41. The molecule has 152 valence electrons. The van der Waals surface area contributed by atoms with Gasteiger partial charge in [-0.25, -0.2) is 0 Å². The van der Waals surface area contributed by atoms with Crippen molar-refractivity contribution in [1.82, 2.24) is 5.32 Å². The van der Waals surface area contributed by atoms with Crippen molar-refractivity contribution >= 4 is 29.7 Å². The summed E-state index contributed by atoms with van der Waals surface area (Å²) in [6, 6.07) is 12.4. The quantitative estimate of drug-likeness (QED) is 0.771. The molecule has 2 N–H and O–H groups in total. The third-order valence-corrected chi connectivity index (χ3v) is 4.84. The molecule has 0 aliphatic carbocycles. The smallest absolute Gasteiger partial charge is 0.371 e. The molecule has 2 aromatic carbocycles. The zero-order chi connectivity index (χ0) is 19.4. The fourth-order valence-corrected chi connectivity index (χ4v) is 3.33. The third kappa shape index (κ3) is 5.17. The molecule has 1 aliphatic heterocycles. The van der Waals surface area contributed by atoms with Gasteiger partial charge in [0.25, 0.3) is 5.91 Å². The molecule has 0 radical (unpaired) electrons. The number of hydrogen-bond acceptors (Lipinski definition) is 3. The van der Waals surface area contributed by atoms with Crippen LogP contribution in [-0.4, -0.2) is 32.1 Å². The summed E-state index contributed by atoms with van der Waals surface area (Å²) in [7, 11) is 2.00. The number of carbonyl (C=O) groups excluding carboxylic acids is 1. The van der Waals surface area contributed by atoms with Crippen molar-refractivity contribution in [3.63, 3.8) is 0 Å². The summed E-state index contributed by atoms with van der Waals surface area (Å²) in [6.45, 7) is 1.92. The van der Waals surface area contributed by atoms with Gasteiger partial charge in [0.15, 0.2) is 0 Å². The maximum Gasteiger partial charge on any atom is 0.417 e. The largest absolute Gasteiger partial charge is 0.417 e. The highest BCUT2D eigenvalue weighted by Gasteiger charge is 2.34. The number of alkyl halides is 3. The molecule has 0 atom stereocenters. The van der Waals surface area contributed by atoms with E-state index in [4.69, 9.17) is 0 Å². The zero-order valence-corrected chi connectivity index (χ0v) is 16.2. The first-order valence-corrected chi connectivity index (χ1v) is 8.87. The fourth-order valence-electron chi connectivity index (χ4n) is 3.33. The number of anilines is 2. The van der Waals surface area contributed by atoms with Crippen LogP contribution in [0.1, 0.15) is 28.8 Å². The number of amides is 1. The molecule has 1 amide bonds. The van der Waals surface area contributed by atoms with Gasteiger partial charge in [-0.15, -0.1) is 12.4 Å². The van der Waals surface area contributed by atoms with Crippen molar-refractivity contribution in [3.05, 3.63) is 59.7 Å². The van der Waals surface area contributed by atoms with E-state index < -0.39 is 17.6 Å². The zero-order valence-electron chi connectivity index (χ0n) is 15.4. The lowest BCUT2D eigenvalue weighted by molar-refractivity contribution is -0.137. The molecule has 4 nitrogen and oxygen atoms in total. The van der Waals surface area contributed by atoms with Crippen LogP contribution in [0.15, 0.2) is 48.5 Å². The number of nitrogens with zero attached hydrogens (tertiary/aromatic N) is 1. The van der Waals surface area contributed by atoms with Crippen LogP contribution in [0.5, 0.6) is 0 Å². The Kier molecular flexibility index (Phi) is 7.32. The van der Waals surface area contributed by atoms with Crippen LogP contribution in [-0.2, 0) is 6.18 Å². The maximum absolute atomic E-state index is 13.1. The van der Waals surface area contributed by atoms with E-state index in [-0.39, 0.29) is 18.0 Å². The van der Waals surface area contributed by atoms with Crippen LogP contribution in [0.2, 0.25) is 0 Å². The number of piperidine rings is 1. The summed E-state index contributed by atoms with van der Waals surface area (Å²) in [5.74, 6) is -0.774. The summed E-state index contributed by atoms with van der Waals surface area (Å²) >= 11 is 0. The molecule has 0 bridgehead atoms. The molecule has 8 heteroatoms. The Labute approximate surface area is 168 Å². The minimum absolute atomic E-state index is 0. The van der Waals surface area contributed by atoms with Crippen molar-refractivity contribution in [3.8, 4) is 0 Å². The van der Waals surface area contributed by atoms with Crippen LogP contribution in [0.4, 0.5) is 24.5 Å². The summed E-state index contributed by atoms with van der Waals surface area (Å²) in [4.78, 5) is 14.6. The van der Waals surface area contributed by atoms with Crippen LogP contribution < -0.4 is 15.5 Å². The average Bonchev–Trinajstić information content (AvgIpc) is 2.67. The standard InChI is InChI=1S/C20H22F3N3O.ClH/c1-26(15-9-11-24-12-10-15)16-6-4-5-14(13-16)25-19(27)17-7-2-3-8-18(17)20(21,22)23;/h2-8,13,15,24H,9-12H2,1H3,(H,25,27);1H. The molecule has 1 aliphatic rings. The highest BCUT2D eigenvalue weighted by Crippen LogP contribution is 2.32. The Hall–Kier alpha value is -2.25. The van der Waals surface area contributed by atoms with Gasteiger partial charge in [0.1, 0.15) is 0 Å². The van der Waals surface area contributed by atoms with Gasteiger partial charge in [-0.3, -0.25) is 4.79 Å². The fraction of sp³-hybridized carbons (Fsp3) is 0.350.